The van der Waals surface area contributed by atoms with Crippen LogP contribution in [0.15, 0.2) is 35.6 Å². The van der Waals surface area contributed by atoms with Gasteiger partial charge in [0.2, 0.25) is 0 Å². The summed E-state index contributed by atoms with van der Waals surface area (Å²) in [6.45, 7) is 0.267. The Bertz CT molecular complexity index is 977. The Morgan fingerprint density at radius 1 is 1.26 bits per heavy atom. The molecule has 0 saturated heterocycles. The number of rotatable bonds is 2. The van der Waals surface area contributed by atoms with Crippen LogP contribution >= 0.6 is 22.6 Å². The maximum atomic E-state index is 12.3. The number of benzene rings is 1. The van der Waals surface area contributed by atoms with E-state index >= 15 is 0 Å². The molecule has 0 spiro atoms. The van der Waals surface area contributed by atoms with Crippen molar-refractivity contribution in [1.29, 1.82) is 0 Å². The number of nitrogens with two attached hydrogens (primary N) is 1. The topological polar surface area (TPSA) is 99.1 Å². The first-order valence-corrected chi connectivity index (χ1v) is 8.02. The van der Waals surface area contributed by atoms with Crippen LogP contribution in [0, 0.1) is 3.70 Å². The van der Waals surface area contributed by atoms with Crippen molar-refractivity contribution in [3.63, 3.8) is 0 Å². The molecule has 0 amide bonds. The third kappa shape index (κ3) is 2.38. The zero-order valence-corrected chi connectivity index (χ0v) is 14.1. The van der Waals surface area contributed by atoms with E-state index < -0.39 is 0 Å². The number of Topliss-reactive ketones (excluding diaryl/α,β-unsaturated/α-hetero) is 1. The van der Waals surface area contributed by atoms with Crippen LogP contribution in [-0.2, 0) is 17.8 Å². The average molecular weight is 418 g/mol. The number of carbonyl (C=O) groups is 1. The molecule has 0 bridgehead atoms. The highest BCUT2D eigenvalue weighted by Gasteiger charge is 2.22. The number of ketones is 1. The van der Waals surface area contributed by atoms with E-state index in [1.54, 1.807) is 4.68 Å². The minimum atomic E-state index is 0.00406. The van der Waals surface area contributed by atoms with Crippen molar-refractivity contribution in [3.8, 4) is 0 Å². The maximum Gasteiger partial charge on any atom is 0.183 e. The summed E-state index contributed by atoms with van der Waals surface area (Å²) in [7, 11) is 0. The summed E-state index contributed by atoms with van der Waals surface area (Å²) >= 11 is 2.09. The molecule has 1 aliphatic rings. The van der Waals surface area contributed by atoms with Crippen LogP contribution in [0.4, 0.5) is 11.5 Å². The second-order valence-electron chi connectivity index (χ2n) is 5.19. The summed E-state index contributed by atoms with van der Waals surface area (Å²) in [6.07, 6.45) is 1.76. The number of anilines is 1. The highest BCUT2D eigenvalue weighted by molar-refractivity contribution is 14.1. The fraction of sp³-hybridized carbons (Fsp3) is 0.133. The van der Waals surface area contributed by atoms with E-state index in [2.05, 4.69) is 42.6 Å². The van der Waals surface area contributed by atoms with Crippen molar-refractivity contribution in [2.45, 2.75) is 13.0 Å². The van der Waals surface area contributed by atoms with Crippen LogP contribution < -0.4 is 5.73 Å². The van der Waals surface area contributed by atoms with Crippen molar-refractivity contribution in [2.75, 3.05) is 5.73 Å². The Kier molecular flexibility index (Phi) is 3.33. The first-order valence-electron chi connectivity index (χ1n) is 6.94. The van der Waals surface area contributed by atoms with E-state index in [9.17, 15) is 4.79 Å². The molecule has 0 aliphatic carbocycles. The van der Waals surface area contributed by atoms with Gasteiger partial charge in [-0.05, 0) is 34.2 Å². The molecule has 1 aliphatic heterocycles. The van der Waals surface area contributed by atoms with Crippen LogP contribution in [0.3, 0.4) is 0 Å². The minimum absolute atomic E-state index is 0.00406. The molecule has 0 unspecified atom stereocenters. The second kappa shape index (κ2) is 5.37. The standard InChI is InChI=1S/C15H11IN6O/c16-13-12-14(17)18-7-19-15(12)22(21-13)6-10-11(23)5-8-3-1-2-4-9(8)20-10/h1-4,7H,5-6H2,(H2,17,18,19). The number of para-hydroxylation sites is 1. The number of aromatic nitrogens is 4. The van der Waals surface area contributed by atoms with Gasteiger partial charge in [0.15, 0.2) is 11.4 Å². The first-order chi connectivity index (χ1) is 11.1. The van der Waals surface area contributed by atoms with Crippen LogP contribution in [-0.4, -0.2) is 31.2 Å². The van der Waals surface area contributed by atoms with E-state index in [4.69, 9.17) is 5.73 Å². The molecule has 4 rings (SSSR count). The zero-order valence-electron chi connectivity index (χ0n) is 11.9. The van der Waals surface area contributed by atoms with Gasteiger partial charge in [-0.3, -0.25) is 4.79 Å². The summed E-state index contributed by atoms with van der Waals surface area (Å²) < 4.78 is 2.36. The minimum Gasteiger partial charge on any atom is -0.383 e. The Hall–Kier alpha value is -2.36. The molecule has 2 aromatic heterocycles. The lowest BCUT2D eigenvalue weighted by atomic mass is 10.0. The van der Waals surface area contributed by atoms with E-state index in [1.165, 1.54) is 6.33 Å². The molecule has 7 nitrogen and oxygen atoms in total. The van der Waals surface area contributed by atoms with Gasteiger partial charge in [-0.2, -0.15) is 5.10 Å². The van der Waals surface area contributed by atoms with Gasteiger partial charge in [0.05, 0.1) is 17.6 Å². The molecule has 0 radical (unpaired) electrons. The second-order valence-corrected chi connectivity index (χ2v) is 6.21. The number of halogens is 1. The predicted molar refractivity (Wildman–Crippen MR) is 94.7 cm³/mol. The van der Waals surface area contributed by atoms with E-state index in [1.807, 2.05) is 24.3 Å². The lowest BCUT2D eigenvalue weighted by Gasteiger charge is -2.14. The number of hydrogen-bond donors (Lipinski definition) is 1. The monoisotopic (exact) mass is 418 g/mol. The zero-order chi connectivity index (χ0) is 16.0. The van der Waals surface area contributed by atoms with Crippen LogP contribution in [0.25, 0.3) is 11.0 Å². The number of fused-ring (bicyclic) bond motifs is 2. The molecule has 3 aromatic rings. The van der Waals surface area contributed by atoms with Crippen LogP contribution in [0.1, 0.15) is 5.56 Å². The summed E-state index contributed by atoms with van der Waals surface area (Å²) in [6, 6.07) is 7.66. The Labute approximate surface area is 144 Å². The summed E-state index contributed by atoms with van der Waals surface area (Å²) in [5.41, 5.74) is 8.76. The summed E-state index contributed by atoms with van der Waals surface area (Å²) in [4.78, 5) is 25.0. The summed E-state index contributed by atoms with van der Waals surface area (Å²) in [5.74, 6) is 0.386. The molecular weight excluding hydrogens is 407 g/mol. The molecule has 0 saturated carbocycles. The van der Waals surface area contributed by atoms with Crippen molar-refractivity contribution in [2.24, 2.45) is 4.99 Å². The van der Waals surface area contributed by atoms with Gasteiger partial charge in [-0.25, -0.2) is 19.6 Å². The smallest absolute Gasteiger partial charge is 0.183 e. The molecule has 3 heterocycles. The Morgan fingerprint density at radius 3 is 2.96 bits per heavy atom. The van der Waals surface area contributed by atoms with Crippen molar-refractivity contribution < 1.29 is 4.79 Å². The van der Waals surface area contributed by atoms with Gasteiger partial charge in [0.25, 0.3) is 0 Å². The highest BCUT2D eigenvalue weighted by atomic mass is 127. The lowest BCUT2D eigenvalue weighted by molar-refractivity contribution is -0.112. The van der Waals surface area contributed by atoms with Gasteiger partial charge in [-0.1, -0.05) is 18.2 Å². The number of nitrogens with zero attached hydrogens (tertiary/aromatic N) is 5. The largest absolute Gasteiger partial charge is 0.383 e. The Morgan fingerprint density at radius 2 is 2.09 bits per heavy atom. The Balaban J connectivity index is 1.78. The van der Waals surface area contributed by atoms with E-state index in [-0.39, 0.29) is 12.3 Å². The molecule has 0 atom stereocenters. The molecule has 8 heteroatoms. The number of carbonyl (C=O) groups excluding carboxylic acids is 1. The highest BCUT2D eigenvalue weighted by Crippen LogP contribution is 2.26. The van der Waals surface area contributed by atoms with Crippen LogP contribution in [0.5, 0.6) is 0 Å². The van der Waals surface area contributed by atoms with Crippen molar-refractivity contribution in [1.82, 2.24) is 19.7 Å². The van der Waals surface area contributed by atoms with Crippen molar-refractivity contribution >= 4 is 56.6 Å². The van der Waals surface area contributed by atoms with Gasteiger partial charge < -0.3 is 5.73 Å². The van der Waals surface area contributed by atoms with E-state index in [0.717, 1.165) is 11.3 Å². The normalized spacial score (nSPS) is 14.0. The van der Waals surface area contributed by atoms with Gasteiger partial charge in [0, 0.05) is 6.42 Å². The third-order valence-electron chi connectivity index (χ3n) is 3.74. The van der Waals surface area contributed by atoms with Gasteiger partial charge >= 0.3 is 0 Å². The molecular formula is C15H11IN6O. The molecule has 114 valence electrons. The van der Waals surface area contributed by atoms with E-state index in [0.29, 0.717) is 32.7 Å². The lowest BCUT2D eigenvalue weighted by Crippen LogP contribution is -2.25. The van der Waals surface area contributed by atoms with Gasteiger partial charge in [0.1, 0.15) is 21.6 Å². The average Bonchev–Trinajstić information content (AvgIpc) is 2.85. The quantitative estimate of drug-likeness (QED) is 0.642. The number of hydrogen-bond acceptors (Lipinski definition) is 6. The molecule has 0 fully saturated rings. The third-order valence-corrected chi connectivity index (χ3v) is 4.49. The van der Waals surface area contributed by atoms with Crippen LogP contribution in [0.2, 0.25) is 0 Å². The summed E-state index contributed by atoms with van der Waals surface area (Å²) in [5, 5.41) is 5.13. The maximum absolute atomic E-state index is 12.3. The number of nitrogen functional groups attached to an aromatic ring is 1. The predicted octanol–water partition coefficient (Wildman–Crippen LogP) is 1.91. The number of aliphatic imine (C=N–C) groups is 1. The molecule has 1 aromatic carbocycles. The fourth-order valence-electron chi connectivity index (χ4n) is 2.61. The SMILES string of the molecule is Nc1ncnc2c1c(I)nn2CC1=Nc2ccccc2CC1=O. The molecule has 2 N–H and O–H groups in total. The molecule has 23 heavy (non-hydrogen) atoms. The first kappa shape index (κ1) is 14.2. The fourth-order valence-corrected chi connectivity index (χ4v) is 3.39. The van der Waals surface area contributed by atoms with Crippen molar-refractivity contribution in [3.05, 3.63) is 39.9 Å². The van der Waals surface area contributed by atoms with Gasteiger partial charge in [-0.15, -0.1) is 0 Å².